The quantitative estimate of drug-likeness (QED) is 0.414. The molecule has 2 aromatic carbocycles. The fourth-order valence-corrected chi connectivity index (χ4v) is 3.52. The van der Waals surface area contributed by atoms with Gasteiger partial charge in [0.15, 0.2) is 0 Å². The second-order valence-corrected chi connectivity index (χ2v) is 7.35. The van der Waals surface area contributed by atoms with Gasteiger partial charge in [-0.05, 0) is 50.8 Å². The van der Waals surface area contributed by atoms with Gasteiger partial charge in [0.2, 0.25) is 0 Å². The van der Waals surface area contributed by atoms with E-state index in [0.29, 0.717) is 36.6 Å². The molecule has 1 heterocycles. The van der Waals surface area contributed by atoms with Gasteiger partial charge < -0.3 is 24.7 Å². The number of nitrogens with zero attached hydrogens (tertiary/aromatic N) is 2. The van der Waals surface area contributed by atoms with Crippen LogP contribution in [0.5, 0.6) is 11.5 Å². The standard InChI is InChI=1S/C23H26N2O5/c1-4-30-18-10-6-8-16(14-18)21(27)19-20(15-7-5-9-17(26)13-15)25(12-11-24(2)3)23(29)22(19)28/h5-10,13-14,20,26-27H,4,11-12H2,1-3H3/b21-19-. The molecule has 0 aromatic heterocycles. The molecule has 1 aliphatic rings. The van der Waals surface area contributed by atoms with Gasteiger partial charge in [-0.1, -0.05) is 24.3 Å². The van der Waals surface area contributed by atoms with Crippen LogP contribution >= 0.6 is 0 Å². The van der Waals surface area contributed by atoms with Crippen LogP contribution in [0.4, 0.5) is 0 Å². The third kappa shape index (κ3) is 4.31. The van der Waals surface area contributed by atoms with Gasteiger partial charge in [0, 0.05) is 18.7 Å². The minimum absolute atomic E-state index is 0.00185. The van der Waals surface area contributed by atoms with Gasteiger partial charge in [-0.3, -0.25) is 9.59 Å². The second kappa shape index (κ2) is 9.00. The molecule has 0 saturated carbocycles. The van der Waals surface area contributed by atoms with E-state index in [0.717, 1.165) is 0 Å². The van der Waals surface area contributed by atoms with Crippen molar-refractivity contribution >= 4 is 17.4 Å². The number of likely N-dealkylation sites (tertiary alicyclic amines) is 1. The van der Waals surface area contributed by atoms with Crippen molar-refractivity contribution in [2.45, 2.75) is 13.0 Å². The van der Waals surface area contributed by atoms with E-state index < -0.39 is 17.7 Å². The zero-order chi connectivity index (χ0) is 21.8. The van der Waals surface area contributed by atoms with Gasteiger partial charge >= 0.3 is 0 Å². The average molecular weight is 410 g/mol. The number of ether oxygens (including phenoxy) is 1. The molecule has 1 saturated heterocycles. The Labute approximate surface area is 175 Å². The normalized spacial score (nSPS) is 18.3. The lowest BCUT2D eigenvalue weighted by atomic mass is 9.95. The minimum Gasteiger partial charge on any atom is -0.508 e. The van der Waals surface area contributed by atoms with E-state index in [1.807, 2.05) is 25.9 Å². The number of carbonyl (C=O) groups is 2. The van der Waals surface area contributed by atoms with E-state index in [1.165, 1.54) is 17.0 Å². The van der Waals surface area contributed by atoms with E-state index in [4.69, 9.17) is 4.74 Å². The summed E-state index contributed by atoms with van der Waals surface area (Å²) in [7, 11) is 3.75. The molecule has 158 valence electrons. The summed E-state index contributed by atoms with van der Waals surface area (Å²) in [6, 6.07) is 12.3. The maximum Gasteiger partial charge on any atom is 0.295 e. The third-order valence-corrected chi connectivity index (χ3v) is 4.93. The molecule has 0 radical (unpaired) electrons. The molecule has 2 aromatic rings. The Morgan fingerprint density at radius 3 is 2.53 bits per heavy atom. The molecular weight excluding hydrogens is 384 g/mol. The molecule has 7 heteroatoms. The smallest absolute Gasteiger partial charge is 0.295 e. The molecule has 1 fully saturated rings. The van der Waals surface area contributed by atoms with Crippen molar-refractivity contribution in [3.8, 4) is 11.5 Å². The first-order valence-corrected chi connectivity index (χ1v) is 9.78. The van der Waals surface area contributed by atoms with Crippen molar-refractivity contribution in [3.05, 3.63) is 65.2 Å². The molecule has 1 unspecified atom stereocenters. The van der Waals surface area contributed by atoms with Gasteiger partial charge in [0.1, 0.15) is 17.3 Å². The van der Waals surface area contributed by atoms with E-state index in [1.54, 1.807) is 36.4 Å². The number of phenols is 1. The zero-order valence-corrected chi connectivity index (χ0v) is 17.3. The molecular formula is C23H26N2O5. The highest BCUT2D eigenvalue weighted by atomic mass is 16.5. The third-order valence-electron chi connectivity index (χ3n) is 4.93. The van der Waals surface area contributed by atoms with Crippen molar-refractivity contribution in [1.29, 1.82) is 0 Å². The van der Waals surface area contributed by atoms with Crippen molar-refractivity contribution < 1.29 is 24.5 Å². The van der Waals surface area contributed by atoms with Gasteiger partial charge in [0.25, 0.3) is 11.7 Å². The van der Waals surface area contributed by atoms with Crippen LogP contribution in [-0.2, 0) is 9.59 Å². The fraction of sp³-hybridized carbons (Fsp3) is 0.304. The first-order valence-electron chi connectivity index (χ1n) is 9.78. The van der Waals surface area contributed by atoms with Crippen molar-refractivity contribution in [1.82, 2.24) is 9.80 Å². The van der Waals surface area contributed by atoms with Crippen LogP contribution in [0.25, 0.3) is 5.76 Å². The number of hydrogen-bond donors (Lipinski definition) is 2. The monoisotopic (exact) mass is 410 g/mol. The number of rotatable bonds is 7. The van der Waals surface area contributed by atoms with Gasteiger partial charge in [-0.25, -0.2) is 0 Å². The van der Waals surface area contributed by atoms with E-state index in [9.17, 15) is 19.8 Å². The molecule has 3 rings (SSSR count). The first kappa shape index (κ1) is 21.4. The Morgan fingerprint density at radius 1 is 1.13 bits per heavy atom. The van der Waals surface area contributed by atoms with Crippen molar-refractivity contribution in [2.24, 2.45) is 0 Å². The van der Waals surface area contributed by atoms with Crippen molar-refractivity contribution in [2.75, 3.05) is 33.8 Å². The maximum absolute atomic E-state index is 12.9. The lowest BCUT2D eigenvalue weighted by molar-refractivity contribution is -0.140. The number of aliphatic hydroxyl groups excluding tert-OH is 1. The van der Waals surface area contributed by atoms with Crippen LogP contribution in [0.3, 0.4) is 0 Å². The number of ketones is 1. The minimum atomic E-state index is -0.798. The van der Waals surface area contributed by atoms with E-state index in [-0.39, 0.29) is 17.1 Å². The largest absolute Gasteiger partial charge is 0.508 e. The Balaban J connectivity index is 2.14. The molecule has 30 heavy (non-hydrogen) atoms. The number of amides is 1. The zero-order valence-electron chi connectivity index (χ0n) is 17.3. The summed E-state index contributed by atoms with van der Waals surface area (Å²) in [5.74, 6) is -1.12. The van der Waals surface area contributed by atoms with Gasteiger partial charge in [-0.2, -0.15) is 0 Å². The highest BCUT2D eigenvalue weighted by Gasteiger charge is 2.46. The number of Topliss-reactive ketones (excluding diaryl/α,β-unsaturated/α-hetero) is 1. The summed E-state index contributed by atoms with van der Waals surface area (Å²) in [5.41, 5.74) is 0.935. The summed E-state index contributed by atoms with van der Waals surface area (Å²) in [5, 5.41) is 21.0. The molecule has 2 N–H and O–H groups in total. The fourth-order valence-electron chi connectivity index (χ4n) is 3.52. The molecule has 1 amide bonds. The molecule has 7 nitrogen and oxygen atoms in total. The van der Waals surface area contributed by atoms with Crippen LogP contribution in [0, 0.1) is 0 Å². The number of aliphatic hydroxyl groups is 1. The van der Waals surface area contributed by atoms with Crippen LogP contribution in [-0.4, -0.2) is 65.5 Å². The summed E-state index contributed by atoms with van der Waals surface area (Å²) in [6.45, 7) is 3.16. The van der Waals surface area contributed by atoms with Crippen LogP contribution in [0.1, 0.15) is 24.1 Å². The number of hydrogen-bond acceptors (Lipinski definition) is 6. The molecule has 0 aliphatic carbocycles. The number of likely N-dealkylation sites (N-methyl/N-ethyl adjacent to an activating group) is 1. The summed E-state index contributed by atoms with van der Waals surface area (Å²) < 4.78 is 5.49. The van der Waals surface area contributed by atoms with Gasteiger partial charge in [0.05, 0.1) is 18.2 Å². The molecule has 1 aliphatic heterocycles. The highest BCUT2D eigenvalue weighted by molar-refractivity contribution is 6.46. The predicted octanol–water partition coefficient (Wildman–Crippen LogP) is 2.77. The Morgan fingerprint density at radius 2 is 1.87 bits per heavy atom. The number of benzene rings is 2. The number of carbonyl (C=O) groups excluding carboxylic acids is 2. The highest BCUT2D eigenvalue weighted by Crippen LogP contribution is 2.40. The Kier molecular flexibility index (Phi) is 6.42. The van der Waals surface area contributed by atoms with Crippen LogP contribution < -0.4 is 4.74 Å². The lowest BCUT2D eigenvalue weighted by Crippen LogP contribution is -2.35. The summed E-state index contributed by atoms with van der Waals surface area (Å²) in [6.07, 6.45) is 0. The topological polar surface area (TPSA) is 90.3 Å². The van der Waals surface area contributed by atoms with Crippen LogP contribution in [0.15, 0.2) is 54.1 Å². The molecule has 0 bridgehead atoms. The molecule has 1 atom stereocenters. The molecule has 0 spiro atoms. The van der Waals surface area contributed by atoms with E-state index in [2.05, 4.69) is 0 Å². The first-order chi connectivity index (χ1) is 14.3. The second-order valence-electron chi connectivity index (χ2n) is 7.35. The Bertz CT molecular complexity index is 983. The van der Waals surface area contributed by atoms with Crippen LogP contribution in [0.2, 0.25) is 0 Å². The number of aromatic hydroxyl groups is 1. The maximum atomic E-state index is 12.9. The number of phenolic OH excluding ortho intramolecular Hbond substituents is 1. The average Bonchev–Trinajstić information content (AvgIpc) is 2.97. The van der Waals surface area contributed by atoms with Gasteiger partial charge in [-0.15, -0.1) is 0 Å². The predicted molar refractivity (Wildman–Crippen MR) is 113 cm³/mol. The Hall–Kier alpha value is -3.32. The summed E-state index contributed by atoms with van der Waals surface area (Å²) >= 11 is 0. The summed E-state index contributed by atoms with van der Waals surface area (Å²) in [4.78, 5) is 29.1. The van der Waals surface area contributed by atoms with Crippen molar-refractivity contribution in [3.63, 3.8) is 0 Å². The SMILES string of the molecule is CCOc1cccc(/C(O)=C2/C(=O)C(=O)N(CCN(C)C)C2c2cccc(O)c2)c1. The lowest BCUT2D eigenvalue weighted by Gasteiger charge is -2.26. The van der Waals surface area contributed by atoms with E-state index >= 15 is 0 Å².